The number of amides is 2. The van der Waals surface area contributed by atoms with Crippen LogP contribution in [0.2, 0.25) is 0 Å². The lowest BCUT2D eigenvalue weighted by Gasteiger charge is -2.35. The summed E-state index contributed by atoms with van der Waals surface area (Å²) in [5.41, 5.74) is 0.414. The average molecular weight is 571 g/mol. The van der Waals surface area contributed by atoms with Crippen LogP contribution in [0, 0.1) is 11.8 Å². The summed E-state index contributed by atoms with van der Waals surface area (Å²) < 4.78 is 45.7. The molecule has 1 aliphatic carbocycles. The zero-order valence-corrected chi connectivity index (χ0v) is 22.1. The van der Waals surface area contributed by atoms with E-state index >= 15 is 0 Å². The number of anilines is 1. The van der Waals surface area contributed by atoms with Gasteiger partial charge >= 0.3 is 12.1 Å². The van der Waals surface area contributed by atoms with Crippen molar-refractivity contribution in [2.24, 2.45) is 11.8 Å². The second-order valence-electron chi connectivity index (χ2n) is 10.5. The normalized spacial score (nSPS) is 20.0. The summed E-state index contributed by atoms with van der Waals surface area (Å²) in [4.78, 5) is 47.0. The van der Waals surface area contributed by atoms with Crippen LogP contribution in [0.15, 0.2) is 53.1 Å². The van der Waals surface area contributed by atoms with E-state index in [1.807, 2.05) is 4.90 Å². The highest BCUT2D eigenvalue weighted by Gasteiger charge is 2.42. The summed E-state index contributed by atoms with van der Waals surface area (Å²) in [6.45, 7) is 1.14. The predicted octanol–water partition coefficient (Wildman–Crippen LogP) is 5.60. The summed E-state index contributed by atoms with van der Waals surface area (Å²) in [5.74, 6) is -3.97. The van der Waals surface area contributed by atoms with E-state index in [4.69, 9.17) is 4.42 Å². The van der Waals surface area contributed by atoms with E-state index in [9.17, 15) is 32.7 Å². The van der Waals surface area contributed by atoms with Crippen molar-refractivity contribution in [2.45, 2.75) is 50.6 Å². The van der Waals surface area contributed by atoms with Crippen molar-refractivity contribution < 1.29 is 37.1 Å². The van der Waals surface area contributed by atoms with Gasteiger partial charge in [0.15, 0.2) is 5.69 Å². The molecule has 3 heterocycles. The maximum atomic E-state index is 13.6. The molecule has 2 amide bonds. The first-order valence-electron chi connectivity index (χ1n) is 13.5. The molecule has 0 atom stereocenters. The molecule has 0 radical (unpaired) electrons. The van der Waals surface area contributed by atoms with Crippen LogP contribution in [-0.2, 0) is 15.8 Å². The number of carbonyl (C=O) groups is 3. The monoisotopic (exact) mass is 570 g/mol. The van der Waals surface area contributed by atoms with Gasteiger partial charge in [0.2, 0.25) is 17.6 Å². The number of alkyl halides is 3. The number of rotatable bonds is 6. The Morgan fingerprint density at radius 3 is 2.17 bits per heavy atom. The Morgan fingerprint density at radius 2 is 1.59 bits per heavy atom. The fourth-order valence-corrected chi connectivity index (χ4v) is 5.52. The number of aliphatic carboxylic acids is 1. The molecule has 0 bridgehead atoms. The van der Waals surface area contributed by atoms with Gasteiger partial charge in [-0.2, -0.15) is 13.2 Å². The second-order valence-corrected chi connectivity index (χ2v) is 10.5. The Hall–Kier alpha value is -4.22. The van der Waals surface area contributed by atoms with Crippen molar-refractivity contribution in [2.75, 3.05) is 18.4 Å². The topological polar surface area (TPSA) is 126 Å². The molecule has 1 saturated heterocycles. The third-order valence-electron chi connectivity index (χ3n) is 7.82. The van der Waals surface area contributed by atoms with Crippen LogP contribution in [0.25, 0.3) is 11.5 Å². The zero-order valence-electron chi connectivity index (χ0n) is 22.1. The number of piperidine rings is 1. The Balaban J connectivity index is 1.18. The number of halogens is 3. The fourth-order valence-electron chi connectivity index (χ4n) is 5.52. The van der Waals surface area contributed by atoms with Gasteiger partial charge in [-0.15, -0.1) is 0 Å². The van der Waals surface area contributed by atoms with Gasteiger partial charge < -0.3 is 19.7 Å². The van der Waals surface area contributed by atoms with Gasteiger partial charge in [-0.1, -0.05) is 18.2 Å². The summed E-state index contributed by atoms with van der Waals surface area (Å²) in [6.07, 6.45) is 0.110. The average Bonchev–Trinajstić information content (AvgIpc) is 3.45. The minimum atomic E-state index is -4.91. The Labute approximate surface area is 233 Å². The fraction of sp³-hybridized carbons (Fsp3) is 0.414. The molecule has 2 aromatic heterocycles. The Morgan fingerprint density at radius 1 is 0.927 bits per heavy atom. The van der Waals surface area contributed by atoms with Gasteiger partial charge in [0, 0.05) is 36.2 Å². The van der Waals surface area contributed by atoms with Crippen molar-refractivity contribution in [3.63, 3.8) is 0 Å². The third-order valence-corrected chi connectivity index (χ3v) is 7.82. The molecule has 12 heteroatoms. The molecular formula is C29H29F3N4O5. The maximum Gasteiger partial charge on any atom is 0.452 e. The highest BCUT2D eigenvalue weighted by Crippen LogP contribution is 2.36. The van der Waals surface area contributed by atoms with Crippen LogP contribution in [-0.4, -0.2) is 50.8 Å². The molecule has 3 aromatic rings. The molecule has 1 saturated carbocycles. The number of aromatic nitrogens is 2. The van der Waals surface area contributed by atoms with E-state index in [2.05, 4.69) is 15.3 Å². The van der Waals surface area contributed by atoms with E-state index in [0.717, 1.165) is 5.69 Å². The van der Waals surface area contributed by atoms with Crippen LogP contribution in [0.5, 0.6) is 0 Å². The third kappa shape index (κ3) is 6.41. The molecule has 1 aliphatic heterocycles. The van der Waals surface area contributed by atoms with Crippen molar-refractivity contribution in [3.8, 4) is 11.5 Å². The number of benzene rings is 1. The van der Waals surface area contributed by atoms with Gasteiger partial charge in [-0.05, 0) is 62.8 Å². The molecule has 9 nitrogen and oxygen atoms in total. The van der Waals surface area contributed by atoms with Gasteiger partial charge in [0.05, 0.1) is 17.8 Å². The lowest BCUT2D eigenvalue weighted by Crippen LogP contribution is -2.42. The van der Waals surface area contributed by atoms with Crippen molar-refractivity contribution in [3.05, 3.63) is 65.8 Å². The van der Waals surface area contributed by atoms with Crippen LogP contribution < -0.4 is 5.32 Å². The number of pyridine rings is 1. The van der Waals surface area contributed by atoms with Crippen LogP contribution in [0.3, 0.4) is 0 Å². The number of hydrogen-bond acceptors (Lipinski definition) is 6. The summed E-state index contributed by atoms with van der Waals surface area (Å²) in [6, 6.07) is 11.3. The molecule has 2 fully saturated rings. The Kier molecular flexibility index (Phi) is 8.09. The smallest absolute Gasteiger partial charge is 0.452 e. The molecule has 0 unspecified atom stereocenters. The van der Waals surface area contributed by atoms with Gasteiger partial charge in [0.1, 0.15) is 0 Å². The van der Waals surface area contributed by atoms with E-state index in [-0.39, 0.29) is 35.2 Å². The lowest BCUT2D eigenvalue weighted by atomic mass is 9.81. The minimum Gasteiger partial charge on any atom is -0.481 e. The number of nitrogens with one attached hydrogen (secondary N) is 1. The molecule has 0 spiro atoms. The van der Waals surface area contributed by atoms with Crippen LogP contribution in [0.1, 0.15) is 66.4 Å². The van der Waals surface area contributed by atoms with E-state index in [1.54, 1.807) is 30.3 Å². The molecule has 1 aromatic carbocycles. The van der Waals surface area contributed by atoms with Crippen LogP contribution >= 0.6 is 0 Å². The summed E-state index contributed by atoms with van der Waals surface area (Å²) in [7, 11) is 0. The minimum absolute atomic E-state index is 0.0832. The van der Waals surface area contributed by atoms with Gasteiger partial charge in [-0.3, -0.25) is 19.4 Å². The van der Waals surface area contributed by atoms with Crippen molar-refractivity contribution in [1.29, 1.82) is 0 Å². The van der Waals surface area contributed by atoms with Crippen LogP contribution in [0.4, 0.5) is 18.9 Å². The number of carbonyl (C=O) groups excluding carboxylic acids is 2. The first-order valence-corrected chi connectivity index (χ1v) is 13.5. The maximum absolute atomic E-state index is 13.6. The lowest BCUT2D eigenvalue weighted by molar-refractivity contribution is -0.153. The van der Waals surface area contributed by atoms with Gasteiger partial charge in [-0.25, -0.2) is 4.98 Å². The SMILES string of the molecule is O=C(Nc1ccc(C2CCN(C(=O)C3CCC(C(=O)O)CC3)CC2)nc1)c1nc(-c2ccccc2)oc1C(F)(F)F. The molecule has 216 valence electrons. The molecule has 41 heavy (non-hydrogen) atoms. The Bertz CT molecular complexity index is 1390. The van der Waals surface area contributed by atoms with E-state index in [0.29, 0.717) is 57.2 Å². The molecular weight excluding hydrogens is 541 g/mol. The molecule has 2 aliphatic rings. The quantitative estimate of drug-likeness (QED) is 0.395. The van der Waals surface area contributed by atoms with Crippen molar-refractivity contribution in [1.82, 2.24) is 14.9 Å². The van der Waals surface area contributed by atoms with E-state index in [1.165, 1.54) is 18.3 Å². The highest BCUT2D eigenvalue weighted by molar-refractivity contribution is 6.03. The highest BCUT2D eigenvalue weighted by atomic mass is 19.4. The first kappa shape index (κ1) is 28.3. The molecule has 2 N–H and O–H groups in total. The summed E-state index contributed by atoms with van der Waals surface area (Å²) in [5, 5.41) is 11.6. The van der Waals surface area contributed by atoms with Crippen molar-refractivity contribution >= 4 is 23.5 Å². The predicted molar refractivity (Wildman–Crippen MR) is 141 cm³/mol. The number of carboxylic acids is 1. The first-order chi connectivity index (χ1) is 19.6. The zero-order chi connectivity index (χ0) is 29.1. The number of likely N-dealkylation sites (tertiary alicyclic amines) is 1. The second kappa shape index (κ2) is 11.7. The molecule has 5 rings (SSSR count). The summed E-state index contributed by atoms with van der Waals surface area (Å²) >= 11 is 0. The van der Waals surface area contributed by atoms with Gasteiger partial charge in [0.25, 0.3) is 5.91 Å². The number of carboxylic acid groups (broad SMARTS) is 1. The largest absolute Gasteiger partial charge is 0.481 e. The van der Waals surface area contributed by atoms with E-state index < -0.39 is 29.5 Å². The number of hydrogen-bond donors (Lipinski definition) is 2. The standard InChI is InChI=1S/C29H29F3N4O5/c30-29(31,32)24-23(35-26(41-24)18-4-2-1-3-5-18)25(37)34-21-10-11-22(33-16-21)17-12-14-36(15-13-17)27(38)19-6-8-20(9-7-19)28(39)40/h1-5,10-11,16-17,19-20H,6-9,12-15H2,(H,34,37)(H,39,40). The number of nitrogens with zero attached hydrogens (tertiary/aromatic N) is 3. The number of oxazole rings is 1.